The third-order valence-corrected chi connectivity index (χ3v) is 5.38. The Bertz CT molecular complexity index is 1090. The summed E-state index contributed by atoms with van der Waals surface area (Å²) in [6, 6.07) is 7.77. The first-order chi connectivity index (χ1) is 15.6. The number of aromatic nitrogens is 6. The van der Waals surface area contributed by atoms with Gasteiger partial charge in [0.15, 0.2) is 5.69 Å². The number of hydrogen-bond acceptors (Lipinski definition) is 6. The van der Waals surface area contributed by atoms with E-state index in [0.717, 1.165) is 49.2 Å². The molecule has 0 spiro atoms. The van der Waals surface area contributed by atoms with E-state index in [2.05, 4.69) is 56.8 Å². The molecule has 1 aliphatic carbocycles. The number of amides is 1. The van der Waals surface area contributed by atoms with Crippen molar-refractivity contribution in [2.75, 3.05) is 0 Å². The number of fused-ring (bicyclic) bond motifs is 1. The van der Waals surface area contributed by atoms with Gasteiger partial charge in [0.05, 0.1) is 29.8 Å². The highest BCUT2D eigenvalue weighted by atomic mass is 16.2. The summed E-state index contributed by atoms with van der Waals surface area (Å²) in [5.41, 5.74) is 5.92. The molecule has 32 heavy (non-hydrogen) atoms. The average molecular weight is 432 g/mol. The van der Waals surface area contributed by atoms with Crippen molar-refractivity contribution in [3.8, 4) is 0 Å². The first-order valence-electron chi connectivity index (χ1n) is 11.2. The van der Waals surface area contributed by atoms with Gasteiger partial charge in [-0.25, -0.2) is 0 Å². The summed E-state index contributed by atoms with van der Waals surface area (Å²) in [6.07, 6.45) is 10.5. The number of aryl methyl sites for hydroxylation is 2. The fourth-order valence-electron chi connectivity index (χ4n) is 3.86. The molecule has 0 radical (unpaired) electrons. The van der Waals surface area contributed by atoms with Crippen molar-refractivity contribution >= 4 is 12.0 Å². The molecule has 166 valence electrons. The molecule has 0 bridgehead atoms. The topological polar surface area (TPSA) is 98.5 Å². The number of pyridine rings is 1. The summed E-state index contributed by atoms with van der Waals surface area (Å²) in [5, 5.41) is 19.7. The van der Waals surface area contributed by atoms with Crippen LogP contribution in [0.1, 0.15) is 66.2 Å². The lowest BCUT2D eigenvalue weighted by Crippen LogP contribution is -2.23. The highest BCUT2D eigenvalue weighted by molar-refractivity contribution is 5.91. The zero-order valence-electron chi connectivity index (χ0n) is 18.7. The van der Waals surface area contributed by atoms with E-state index in [1.165, 1.54) is 11.1 Å². The van der Waals surface area contributed by atoms with Crippen LogP contribution in [-0.2, 0) is 25.9 Å². The van der Waals surface area contributed by atoms with Crippen LogP contribution in [0.5, 0.6) is 0 Å². The second-order valence-corrected chi connectivity index (χ2v) is 8.64. The van der Waals surface area contributed by atoms with Gasteiger partial charge in [0, 0.05) is 19.2 Å². The Morgan fingerprint density at radius 2 is 2.06 bits per heavy atom. The molecule has 0 unspecified atom stereocenters. The quantitative estimate of drug-likeness (QED) is 0.494. The molecule has 0 atom stereocenters. The SMILES string of the molecule is CC(C)CC1=Cc2cc(CCCCn3cc(C(=O)NCc4ccccn4)nn3)nnc2C1. The van der Waals surface area contributed by atoms with Crippen molar-refractivity contribution in [2.24, 2.45) is 5.92 Å². The maximum atomic E-state index is 12.2. The van der Waals surface area contributed by atoms with E-state index in [9.17, 15) is 4.79 Å². The predicted molar refractivity (Wildman–Crippen MR) is 122 cm³/mol. The summed E-state index contributed by atoms with van der Waals surface area (Å²) < 4.78 is 1.71. The summed E-state index contributed by atoms with van der Waals surface area (Å²) in [4.78, 5) is 16.4. The van der Waals surface area contributed by atoms with Crippen LogP contribution in [0, 0.1) is 5.92 Å². The summed E-state index contributed by atoms with van der Waals surface area (Å²) in [7, 11) is 0. The molecular weight excluding hydrogens is 402 g/mol. The van der Waals surface area contributed by atoms with Crippen molar-refractivity contribution < 1.29 is 4.79 Å². The average Bonchev–Trinajstić information content (AvgIpc) is 3.41. The zero-order valence-corrected chi connectivity index (χ0v) is 18.7. The minimum Gasteiger partial charge on any atom is -0.345 e. The third kappa shape index (κ3) is 5.84. The second kappa shape index (κ2) is 10.3. The number of nitrogens with one attached hydrogen (secondary N) is 1. The molecule has 3 aromatic rings. The molecule has 0 saturated carbocycles. The zero-order chi connectivity index (χ0) is 22.3. The van der Waals surface area contributed by atoms with Crippen molar-refractivity contribution in [1.82, 2.24) is 35.5 Å². The van der Waals surface area contributed by atoms with Gasteiger partial charge in [0.1, 0.15) is 0 Å². The van der Waals surface area contributed by atoms with E-state index in [1.54, 1.807) is 17.1 Å². The Hall–Kier alpha value is -3.42. The number of unbranched alkanes of at least 4 members (excludes halogenated alkanes) is 1. The molecule has 4 rings (SSSR count). The van der Waals surface area contributed by atoms with Gasteiger partial charge in [-0.15, -0.1) is 5.10 Å². The smallest absolute Gasteiger partial charge is 0.273 e. The lowest BCUT2D eigenvalue weighted by molar-refractivity contribution is 0.0945. The van der Waals surface area contributed by atoms with Crippen molar-refractivity contribution in [1.29, 1.82) is 0 Å². The molecule has 0 aromatic carbocycles. The van der Waals surface area contributed by atoms with Gasteiger partial charge < -0.3 is 5.32 Å². The van der Waals surface area contributed by atoms with Gasteiger partial charge >= 0.3 is 0 Å². The molecule has 0 saturated heterocycles. The van der Waals surface area contributed by atoms with Crippen molar-refractivity contribution in [3.05, 3.63) is 70.6 Å². The van der Waals surface area contributed by atoms with Gasteiger partial charge in [0.25, 0.3) is 5.91 Å². The van der Waals surface area contributed by atoms with E-state index in [-0.39, 0.29) is 5.91 Å². The Morgan fingerprint density at radius 3 is 2.88 bits per heavy atom. The maximum Gasteiger partial charge on any atom is 0.273 e. The van der Waals surface area contributed by atoms with Gasteiger partial charge in [-0.3, -0.25) is 14.5 Å². The Kier molecular flexibility index (Phi) is 6.99. The number of carbonyl (C=O) groups excluding carboxylic acids is 1. The standard InChI is InChI=1S/C24H29N7O/c1-17(2)11-18-12-19-14-20(27-28-22(19)13-18)7-4-6-10-31-16-23(29-30-31)24(32)26-15-21-8-3-5-9-25-21/h3,5,8-9,12,14,16-17H,4,6-7,10-11,13,15H2,1-2H3,(H,26,32). The summed E-state index contributed by atoms with van der Waals surface area (Å²) in [6.45, 7) is 5.56. The van der Waals surface area contributed by atoms with Gasteiger partial charge in [-0.05, 0) is 55.4 Å². The van der Waals surface area contributed by atoms with Crippen LogP contribution in [0.25, 0.3) is 6.08 Å². The van der Waals surface area contributed by atoms with E-state index >= 15 is 0 Å². The molecular formula is C24H29N7O. The Morgan fingerprint density at radius 1 is 1.16 bits per heavy atom. The second-order valence-electron chi connectivity index (χ2n) is 8.64. The van der Waals surface area contributed by atoms with Crippen LogP contribution in [0.2, 0.25) is 0 Å². The lowest BCUT2D eigenvalue weighted by atomic mass is 10.0. The van der Waals surface area contributed by atoms with Crippen molar-refractivity contribution in [3.63, 3.8) is 0 Å². The largest absolute Gasteiger partial charge is 0.345 e. The minimum absolute atomic E-state index is 0.250. The number of hydrogen-bond donors (Lipinski definition) is 1. The molecule has 0 aliphatic heterocycles. The molecule has 8 heteroatoms. The summed E-state index contributed by atoms with van der Waals surface area (Å²) in [5.74, 6) is 0.410. The Balaban J connectivity index is 1.21. The van der Waals surface area contributed by atoms with Crippen LogP contribution < -0.4 is 5.32 Å². The number of rotatable bonds is 10. The number of nitrogens with zero attached hydrogens (tertiary/aromatic N) is 6. The van der Waals surface area contributed by atoms with E-state index in [0.29, 0.717) is 24.7 Å². The fourth-order valence-corrected chi connectivity index (χ4v) is 3.86. The maximum absolute atomic E-state index is 12.2. The van der Waals surface area contributed by atoms with Gasteiger partial charge in [-0.1, -0.05) is 36.8 Å². The summed E-state index contributed by atoms with van der Waals surface area (Å²) >= 11 is 0. The molecule has 0 fully saturated rings. The predicted octanol–water partition coefficient (Wildman–Crippen LogP) is 3.40. The van der Waals surface area contributed by atoms with Crippen LogP contribution in [0.15, 0.2) is 42.2 Å². The van der Waals surface area contributed by atoms with Crippen LogP contribution in [-0.4, -0.2) is 36.1 Å². The first kappa shape index (κ1) is 21.8. The first-order valence-corrected chi connectivity index (χ1v) is 11.2. The Labute approximate surface area is 188 Å². The molecule has 3 heterocycles. The molecule has 3 aromatic heterocycles. The number of carbonyl (C=O) groups is 1. The third-order valence-electron chi connectivity index (χ3n) is 5.38. The van der Waals surface area contributed by atoms with E-state index in [1.807, 2.05) is 18.2 Å². The lowest BCUT2D eigenvalue weighted by Gasteiger charge is -2.04. The van der Waals surface area contributed by atoms with Crippen LogP contribution >= 0.6 is 0 Å². The fraction of sp³-hybridized carbons (Fsp3) is 0.417. The highest BCUT2D eigenvalue weighted by Gasteiger charge is 2.16. The monoisotopic (exact) mass is 431 g/mol. The highest BCUT2D eigenvalue weighted by Crippen LogP contribution is 2.27. The molecule has 1 N–H and O–H groups in total. The van der Waals surface area contributed by atoms with Gasteiger partial charge in [0.2, 0.25) is 0 Å². The van der Waals surface area contributed by atoms with Crippen molar-refractivity contribution in [2.45, 2.75) is 59.0 Å². The van der Waals surface area contributed by atoms with E-state index in [4.69, 9.17) is 0 Å². The molecule has 1 aliphatic rings. The van der Waals surface area contributed by atoms with Crippen LogP contribution in [0.4, 0.5) is 0 Å². The van der Waals surface area contributed by atoms with E-state index < -0.39 is 0 Å². The molecule has 8 nitrogen and oxygen atoms in total. The normalized spacial score (nSPS) is 12.7. The van der Waals surface area contributed by atoms with Crippen LogP contribution in [0.3, 0.4) is 0 Å². The molecule has 1 amide bonds. The van der Waals surface area contributed by atoms with Gasteiger partial charge in [-0.2, -0.15) is 10.2 Å². The minimum atomic E-state index is -0.250. The number of allylic oxidation sites excluding steroid dienone is 1.